The van der Waals surface area contributed by atoms with Crippen LogP contribution in [0.2, 0.25) is 5.02 Å². The molecule has 3 nitrogen and oxygen atoms in total. The number of rotatable bonds is 5. The van der Waals surface area contributed by atoms with Gasteiger partial charge in [-0.05, 0) is 44.2 Å². The molecule has 0 amide bonds. The molecule has 0 saturated carbocycles. The number of methoxy groups -OCH3 is 1. The zero-order chi connectivity index (χ0) is 15.4. The van der Waals surface area contributed by atoms with Crippen molar-refractivity contribution in [1.82, 2.24) is 0 Å². The standard InChI is InChI=1S/C17H17ClO3/c1-11-4-6-16(20-3)13(8-11)10-21-17-7-5-14(18)9-15(17)12(2)19/h4-9H,10H2,1-3H3. The normalized spacial score (nSPS) is 10.3. The number of ether oxygens (including phenoxy) is 2. The zero-order valence-corrected chi connectivity index (χ0v) is 13.0. The van der Waals surface area contributed by atoms with E-state index in [9.17, 15) is 4.79 Å². The molecule has 2 aromatic rings. The predicted octanol–water partition coefficient (Wildman–Crippen LogP) is 4.44. The lowest BCUT2D eigenvalue weighted by Crippen LogP contribution is -2.03. The number of benzene rings is 2. The van der Waals surface area contributed by atoms with Gasteiger partial charge in [-0.25, -0.2) is 0 Å². The molecule has 0 bridgehead atoms. The largest absolute Gasteiger partial charge is 0.496 e. The molecule has 0 N–H and O–H groups in total. The van der Waals surface area contributed by atoms with Gasteiger partial charge in [0.15, 0.2) is 5.78 Å². The van der Waals surface area contributed by atoms with E-state index in [-0.39, 0.29) is 5.78 Å². The number of halogens is 1. The smallest absolute Gasteiger partial charge is 0.163 e. The summed E-state index contributed by atoms with van der Waals surface area (Å²) < 4.78 is 11.1. The second-order valence-electron chi connectivity index (χ2n) is 4.80. The van der Waals surface area contributed by atoms with Crippen molar-refractivity contribution in [3.63, 3.8) is 0 Å². The molecule has 2 aromatic carbocycles. The zero-order valence-electron chi connectivity index (χ0n) is 12.3. The van der Waals surface area contributed by atoms with Crippen LogP contribution in [0, 0.1) is 6.92 Å². The SMILES string of the molecule is COc1ccc(C)cc1COc1ccc(Cl)cc1C(C)=O. The molecular weight excluding hydrogens is 288 g/mol. The van der Waals surface area contributed by atoms with Crippen molar-refractivity contribution >= 4 is 17.4 Å². The van der Waals surface area contributed by atoms with E-state index in [0.717, 1.165) is 16.9 Å². The van der Waals surface area contributed by atoms with Crippen molar-refractivity contribution in [1.29, 1.82) is 0 Å². The fourth-order valence-electron chi connectivity index (χ4n) is 2.08. The quantitative estimate of drug-likeness (QED) is 0.766. The Hall–Kier alpha value is -2.00. The molecule has 21 heavy (non-hydrogen) atoms. The molecule has 0 atom stereocenters. The first-order valence-electron chi connectivity index (χ1n) is 6.58. The van der Waals surface area contributed by atoms with Gasteiger partial charge in [0.25, 0.3) is 0 Å². The summed E-state index contributed by atoms with van der Waals surface area (Å²) in [6.45, 7) is 3.82. The Balaban J connectivity index is 2.24. The van der Waals surface area contributed by atoms with Crippen molar-refractivity contribution in [3.05, 3.63) is 58.1 Å². The summed E-state index contributed by atoms with van der Waals surface area (Å²) in [5.74, 6) is 1.21. The van der Waals surface area contributed by atoms with Gasteiger partial charge in [-0.3, -0.25) is 4.79 Å². The van der Waals surface area contributed by atoms with Crippen LogP contribution in [-0.4, -0.2) is 12.9 Å². The second kappa shape index (κ2) is 6.64. The van der Waals surface area contributed by atoms with Crippen molar-refractivity contribution in [2.45, 2.75) is 20.5 Å². The molecule has 4 heteroatoms. The van der Waals surface area contributed by atoms with Crippen LogP contribution in [0.15, 0.2) is 36.4 Å². The van der Waals surface area contributed by atoms with Gasteiger partial charge in [0, 0.05) is 10.6 Å². The Bertz CT molecular complexity index is 665. The highest BCUT2D eigenvalue weighted by molar-refractivity contribution is 6.31. The van der Waals surface area contributed by atoms with Gasteiger partial charge in [0.05, 0.1) is 12.7 Å². The Morgan fingerprint density at radius 3 is 2.52 bits per heavy atom. The number of Topliss-reactive ketones (excluding diaryl/α,β-unsaturated/α-hetero) is 1. The van der Waals surface area contributed by atoms with E-state index in [1.54, 1.807) is 25.3 Å². The molecule has 2 rings (SSSR count). The average molecular weight is 305 g/mol. The third-order valence-corrected chi connectivity index (χ3v) is 3.38. The minimum absolute atomic E-state index is 0.0799. The highest BCUT2D eigenvalue weighted by atomic mass is 35.5. The van der Waals surface area contributed by atoms with Crippen LogP contribution in [-0.2, 0) is 6.61 Å². The number of carbonyl (C=O) groups excluding carboxylic acids is 1. The van der Waals surface area contributed by atoms with Crippen molar-refractivity contribution in [2.24, 2.45) is 0 Å². The molecule has 0 unspecified atom stereocenters. The number of hydrogen-bond donors (Lipinski definition) is 0. The fourth-order valence-corrected chi connectivity index (χ4v) is 2.25. The third kappa shape index (κ3) is 3.76. The second-order valence-corrected chi connectivity index (χ2v) is 5.24. The first kappa shape index (κ1) is 15.4. The van der Waals surface area contributed by atoms with E-state index >= 15 is 0 Å². The van der Waals surface area contributed by atoms with E-state index in [1.807, 2.05) is 25.1 Å². The average Bonchev–Trinajstić information content (AvgIpc) is 2.46. The molecular formula is C17H17ClO3. The lowest BCUT2D eigenvalue weighted by molar-refractivity contribution is 0.101. The van der Waals surface area contributed by atoms with E-state index in [2.05, 4.69) is 0 Å². The minimum atomic E-state index is -0.0799. The predicted molar refractivity (Wildman–Crippen MR) is 83.5 cm³/mol. The molecule has 0 heterocycles. The van der Waals surface area contributed by atoms with Crippen molar-refractivity contribution in [3.8, 4) is 11.5 Å². The van der Waals surface area contributed by atoms with Gasteiger partial charge < -0.3 is 9.47 Å². The maximum atomic E-state index is 11.6. The summed E-state index contributed by atoms with van der Waals surface area (Å²) in [7, 11) is 1.62. The number of carbonyl (C=O) groups is 1. The summed E-state index contributed by atoms with van der Waals surface area (Å²) in [6, 6.07) is 10.9. The summed E-state index contributed by atoms with van der Waals surface area (Å²) in [4.78, 5) is 11.6. The fraction of sp³-hybridized carbons (Fsp3) is 0.235. The molecule has 0 radical (unpaired) electrons. The first-order valence-corrected chi connectivity index (χ1v) is 6.96. The van der Waals surface area contributed by atoms with Crippen LogP contribution < -0.4 is 9.47 Å². The summed E-state index contributed by atoms with van der Waals surface area (Å²) >= 11 is 5.92. The molecule has 0 aliphatic heterocycles. The van der Waals surface area contributed by atoms with Crippen LogP contribution in [0.3, 0.4) is 0 Å². The number of ketones is 1. The molecule has 0 aliphatic carbocycles. The lowest BCUT2D eigenvalue weighted by atomic mass is 10.1. The van der Waals surface area contributed by atoms with E-state index in [0.29, 0.717) is 22.9 Å². The highest BCUT2D eigenvalue weighted by Gasteiger charge is 2.11. The van der Waals surface area contributed by atoms with E-state index in [1.165, 1.54) is 6.92 Å². The molecule has 0 spiro atoms. The maximum absolute atomic E-state index is 11.6. The third-order valence-electron chi connectivity index (χ3n) is 3.14. The monoisotopic (exact) mass is 304 g/mol. The van der Waals surface area contributed by atoms with E-state index in [4.69, 9.17) is 21.1 Å². The summed E-state index contributed by atoms with van der Waals surface area (Å²) in [5, 5.41) is 0.515. The number of hydrogen-bond acceptors (Lipinski definition) is 3. The Morgan fingerprint density at radius 1 is 1.14 bits per heavy atom. The maximum Gasteiger partial charge on any atom is 0.163 e. The van der Waals surface area contributed by atoms with Gasteiger partial charge in [0.2, 0.25) is 0 Å². The van der Waals surface area contributed by atoms with Crippen LogP contribution in [0.4, 0.5) is 0 Å². The van der Waals surface area contributed by atoms with Gasteiger partial charge in [-0.15, -0.1) is 0 Å². The van der Waals surface area contributed by atoms with Crippen LogP contribution in [0.25, 0.3) is 0 Å². The van der Waals surface area contributed by atoms with Crippen molar-refractivity contribution < 1.29 is 14.3 Å². The number of aryl methyl sites for hydroxylation is 1. The lowest BCUT2D eigenvalue weighted by Gasteiger charge is -2.13. The molecule has 0 saturated heterocycles. The Labute approximate surface area is 129 Å². The van der Waals surface area contributed by atoms with E-state index < -0.39 is 0 Å². The summed E-state index contributed by atoms with van der Waals surface area (Å²) in [6.07, 6.45) is 0. The van der Waals surface area contributed by atoms with Gasteiger partial charge in [-0.2, -0.15) is 0 Å². The highest BCUT2D eigenvalue weighted by Crippen LogP contribution is 2.26. The first-order chi connectivity index (χ1) is 10.0. The van der Waals surface area contributed by atoms with Crippen LogP contribution in [0.5, 0.6) is 11.5 Å². The molecule has 110 valence electrons. The van der Waals surface area contributed by atoms with Gasteiger partial charge >= 0.3 is 0 Å². The molecule has 0 aromatic heterocycles. The summed E-state index contributed by atoms with van der Waals surface area (Å²) in [5.41, 5.74) is 2.54. The topological polar surface area (TPSA) is 35.5 Å². The Morgan fingerprint density at radius 2 is 1.86 bits per heavy atom. The van der Waals surface area contributed by atoms with Gasteiger partial charge in [0.1, 0.15) is 18.1 Å². The minimum Gasteiger partial charge on any atom is -0.496 e. The molecule has 0 fully saturated rings. The van der Waals surface area contributed by atoms with Gasteiger partial charge in [-0.1, -0.05) is 23.2 Å². The van der Waals surface area contributed by atoms with Crippen LogP contribution in [0.1, 0.15) is 28.4 Å². The van der Waals surface area contributed by atoms with Crippen molar-refractivity contribution in [2.75, 3.05) is 7.11 Å². The molecule has 0 aliphatic rings. The van der Waals surface area contributed by atoms with Crippen LogP contribution >= 0.6 is 11.6 Å². The Kier molecular flexibility index (Phi) is 4.86.